The molecule has 134 valence electrons. The topological polar surface area (TPSA) is 51.2 Å². The number of aromatic nitrogens is 1. The van der Waals surface area contributed by atoms with Crippen LogP contribution in [0.2, 0.25) is 0 Å². The molecule has 0 saturated heterocycles. The summed E-state index contributed by atoms with van der Waals surface area (Å²) in [5.74, 6) is 0.748. The van der Waals surface area contributed by atoms with Gasteiger partial charge in [0, 0.05) is 12.1 Å². The number of amides is 1. The van der Waals surface area contributed by atoms with Gasteiger partial charge in [-0.25, -0.2) is 4.98 Å². The zero-order valence-corrected chi connectivity index (χ0v) is 15.4. The van der Waals surface area contributed by atoms with E-state index in [0.29, 0.717) is 18.7 Å². The first-order chi connectivity index (χ1) is 12.8. The third kappa shape index (κ3) is 4.92. The second-order valence-corrected chi connectivity index (χ2v) is 6.88. The van der Waals surface area contributed by atoms with Gasteiger partial charge in [0.25, 0.3) is 5.91 Å². The molecule has 1 N–H and O–H groups in total. The number of hydrogen-bond donors (Lipinski definition) is 1. The summed E-state index contributed by atoms with van der Waals surface area (Å²) in [7, 11) is 0. The quantitative estimate of drug-likeness (QED) is 0.430. The van der Waals surface area contributed by atoms with Crippen molar-refractivity contribution in [2.45, 2.75) is 25.8 Å². The van der Waals surface area contributed by atoms with Crippen molar-refractivity contribution < 1.29 is 9.53 Å². The smallest absolute Gasteiger partial charge is 0.251 e. The molecule has 0 aliphatic heterocycles. The molecule has 2 aromatic carbocycles. The van der Waals surface area contributed by atoms with Crippen LogP contribution < -0.4 is 10.1 Å². The average Bonchev–Trinajstić information content (AvgIpc) is 3.14. The third-order valence-corrected chi connectivity index (χ3v) is 4.81. The maximum Gasteiger partial charge on any atom is 0.251 e. The highest BCUT2D eigenvalue weighted by Gasteiger charge is 2.07. The Bertz CT molecular complexity index is 888. The summed E-state index contributed by atoms with van der Waals surface area (Å²) < 4.78 is 6.79. The Kier molecular flexibility index (Phi) is 6.39. The lowest BCUT2D eigenvalue weighted by molar-refractivity contribution is 0.0951. The molecule has 1 aromatic heterocycles. The van der Waals surface area contributed by atoms with E-state index in [-0.39, 0.29) is 5.91 Å². The molecule has 3 aromatic rings. The van der Waals surface area contributed by atoms with Crippen LogP contribution in [0.1, 0.15) is 35.2 Å². The van der Waals surface area contributed by atoms with Crippen molar-refractivity contribution in [3.8, 4) is 5.75 Å². The minimum atomic E-state index is -0.0870. The number of rotatable bonds is 9. The third-order valence-electron chi connectivity index (χ3n) is 4.02. The maximum absolute atomic E-state index is 12.4. The van der Waals surface area contributed by atoms with Crippen LogP contribution in [0, 0.1) is 0 Å². The molecule has 1 amide bonds. The number of nitrogens with zero attached hydrogens (tertiary/aromatic N) is 1. The van der Waals surface area contributed by atoms with Crippen molar-refractivity contribution in [3.63, 3.8) is 0 Å². The second-order valence-electron chi connectivity index (χ2n) is 6.00. The Hall–Kier alpha value is -2.66. The van der Waals surface area contributed by atoms with Gasteiger partial charge in [0.1, 0.15) is 5.75 Å². The van der Waals surface area contributed by atoms with Crippen molar-refractivity contribution in [3.05, 3.63) is 71.8 Å². The molecule has 5 heteroatoms. The Morgan fingerprint density at radius 1 is 1.23 bits per heavy atom. The molecule has 0 atom stereocenters. The minimum absolute atomic E-state index is 0.0870. The largest absolute Gasteiger partial charge is 0.494 e. The molecule has 3 rings (SSSR count). The van der Waals surface area contributed by atoms with Gasteiger partial charge in [-0.15, -0.1) is 17.9 Å². The zero-order valence-electron chi connectivity index (χ0n) is 14.6. The van der Waals surface area contributed by atoms with Crippen LogP contribution >= 0.6 is 11.3 Å². The number of carbonyl (C=O) groups excluding carboxylic acids is 1. The van der Waals surface area contributed by atoms with Crippen LogP contribution in [-0.2, 0) is 6.54 Å². The maximum atomic E-state index is 12.4. The highest BCUT2D eigenvalue weighted by molar-refractivity contribution is 7.16. The Morgan fingerprint density at radius 3 is 3.04 bits per heavy atom. The molecule has 0 aliphatic rings. The van der Waals surface area contributed by atoms with Gasteiger partial charge >= 0.3 is 0 Å². The van der Waals surface area contributed by atoms with Crippen LogP contribution in [-0.4, -0.2) is 17.5 Å². The van der Waals surface area contributed by atoms with Crippen LogP contribution in [0.5, 0.6) is 5.75 Å². The molecule has 4 nitrogen and oxygen atoms in total. The van der Waals surface area contributed by atoms with Gasteiger partial charge in [-0.3, -0.25) is 4.79 Å². The van der Waals surface area contributed by atoms with Crippen LogP contribution in [0.4, 0.5) is 0 Å². The minimum Gasteiger partial charge on any atom is -0.494 e. The Balaban J connectivity index is 1.52. The normalized spacial score (nSPS) is 10.6. The molecular formula is C21H22N2O2S. The van der Waals surface area contributed by atoms with E-state index in [1.807, 2.05) is 42.5 Å². The van der Waals surface area contributed by atoms with Crippen LogP contribution in [0.15, 0.2) is 60.6 Å². The zero-order chi connectivity index (χ0) is 18.2. The van der Waals surface area contributed by atoms with Gasteiger partial charge in [0.05, 0.1) is 22.3 Å². The van der Waals surface area contributed by atoms with Crippen LogP contribution in [0.25, 0.3) is 10.2 Å². The highest BCUT2D eigenvalue weighted by atomic mass is 32.1. The van der Waals surface area contributed by atoms with E-state index < -0.39 is 0 Å². The van der Waals surface area contributed by atoms with Crippen LogP contribution in [0.3, 0.4) is 0 Å². The van der Waals surface area contributed by atoms with Crippen molar-refractivity contribution >= 4 is 27.5 Å². The molecule has 0 saturated carbocycles. The number of hydrogen-bond acceptors (Lipinski definition) is 4. The monoisotopic (exact) mass is 366 g/mol. The summed E-state index contributed by atoms with van der Waals surface area (Å²) in [6.07, 6.45) is 5.04. The summed E-state index contributed by atoms with van der Waals surface area (Å²) in [6.45, 7) is 4.88. The highest BCUT2D eigenvalue weighted by Crippen LogP contribution is 2.19. The van der Waals surface area contributed by atoms with Gasteiger partial charge in [0.2, 0.25) is 0 Å². The van der Waals surface area contributed by atoms with E-state index in [4.69, 9.17) is 4.74 Å². The first-order valence-electron chi connectivity index (χ1n) is 8.70. The predicted molar refractivity (Wildman–Crippen MR) is 107 cm³/mol. The lowest BCUT2D eigenvalue weighted by Crippen LogP contribution is -2.22. The molecule has 0 fully saturated rings. The molecule has 0 bridgehead atoms. The summed E-state index contributed by atoms with van der Waals surface area (Å²) in [6, 6.07) is 13.4. The number of ether oxygens (including phenoxy) is 1. The van der Waals surface area contributed by atoms with Crippen molar-refractivity contribution in [2.75, 3.05) is 6.61 Å². The predicted octanol–water partition coefficient (Wildman–Crippen LogP) is 4.96. The molecule has 1 heterocycles. The number of fused-ring (bicyclic) bond motifs is 1. The average molecular weight is 366 g/mol. The fourth-order valence-corrected chi connectivity index (χ4v) is 3.32. The van der Waals surface area contributed by atoms with E-state index in [1.54, 1.807) is 11.6 Å². The molecule has 0 aliphatic carbocycles. The second kappa shape index (κ2) is 9.15. The molecule has 26 heavy (non-hydrogen) atoms. The number of nitrogens with one attached hydrogen (secondary N) is 1. The van der Waals surface area contributed by atoms with E-state index >= 15 is 0 Å². The Morgan fingerprint density at radius 2 is 2.15 bits per heavy atom. The fraction of sp³-hybridized carbons (Fsp3) is 0.238. The molecule has 0 unspecified atom stereocenters. The summed E-state index contributed by atoms with van der Waals surface area (Å²) >= 11 is 1.53. The molecular weight excluding hydrogens is 344 g/mol. The number of thiazole rings is 1. The van der Waals surface area contributed by atoms with Gasteiger partial charge < -0.3 is 10.1 Å². The van der Waals surface area contributed by atoms with E-state index in [2.05, 4.69) is 16.9 Å². The van der Waals surface area contributed by atoms with Crippen molar-refractivity contribution in [1.29, 1.82) is 0 Å². The van der Waals surface area contributed by atoms with Gasteiger partial charge in [-0.2, -0.15) is 0 Å². The van der Waals surface area contributed by atoms with E-state index in [1.165, 1.54) is 11.3 Å². The van der Waals surface area contributed by atoms with Crippen molar-refractivity contribution in [1.82, 2.24) is 10.3 Å². The summed E-state index contributed by atoms with van der Waals surface area (Å²) in [4.78, 5) is 16.6. The van der Waals surface area contributed by atoms with Gasteiger partial charge in [-0.05, 0) is 55.2 Å². The summed E-state index contributed by atoms with van der Waals surface area (Å²) in [5, 5.41) is 2.96. The van der Waals surface area contributed by atoms with Gasteiger partial charge in [0.15, 0.2) is 0 Å². The fourth-order valence-electron chi connectivity index (χ4n) is 2.61. The number of carbonyl (C=O) groups is 1. The number of unbranched alkanes of at least 4 members (excludes halogenated alkanes) is 2. The summed E-state index contributed by atoms with van der Waals surface area (Å²) in [5.41, 5.74) is 4.37. The number of allylic oxidation sites excluding steroid dienone is 1. The number of benzene rings is 2. The Labute approximate surface area is 157 Å². The van der Waals surface area contributed by atoms with E-state index in [0.717, 1.165) is 40.8 Å². The van der Waals surface area contributed by atoms with E-state index in [9.17, 15) is 4.79 Å². The van der Waals surface area contributed by atoms with Gasteiger partial charge in [-0.1, -0.05) is 18.2 Å². The first-order valence-corrected chi connectivity index (χ1v) is 9.58. The standard InChI is InChI=1S/C21H22N2O2S/c1-2-3-4-5-11-25-18-8-6-7-16(12-18)14-22-21(24)17-9-10-19-20(13-17)26-15-23-19/h2,6-10,12-13,15H,1,3-5,11,14H2,(H,22,24). The molecule has 0 spiro atoms. The SMILES string of the molecule is C=CCCCCOc1cccc(CNC(=O)c2ccc3ncsc3c2)c1. The first kappa shape index (κ1) is 18.1. The lowest BCUT2D eigenvalue weighted by atomic mass is 10.2. The lowest BCUT2D eigenvalue weighted by Gasteiger charge is -2.09. The molecule has 0 radical (unpaired) electrons. The van der Waals surface area contributed by atoms with Crippen molar-refractivity contribution in [2.24, 2.45) is 0 Å².